The lowest BCUT2D eigenvalue weighted by molar-refractivity contribution is -0.140. The van der Waals surface area contributed by atoms with E-state index >= 15 is 0 Å². The van der Waals surface area contributed by atoms with Gasteiger partial charge < -0.3 is 10.8 Å². The van der Waals surface area contributed by atoms with Crippen molar-refractivity contribution in [3.05, 3.63) is 11.9 Å². The van der Waals surface area contributed by atoms with Crippen LogP contribution in [-0.2, 0) is 4.79 Å². The number of nitrogens with one attached hydrogen (secondary N) is 1. The van der Waals surface area contributed by atoms with Gasteiger partial charge in [0.1, 0.15) is 0 Å². The van der Waals surface area contributed by atoms with Crippen LogP contribution in [0.3, 0.4) is 0 Å². The molecular formula is C9H14N4O3. The highest BCUT2D eigenvalue weighted by atomic mass is 16.4. The third-order valence-electron chi connectivity index (χ3n) is 2.24. The second-order valence-electron chi connectivity index (χ2n) is 3.57. The van der Waals surface area contributed by atoms with Crippen LogP contribution in [0.15, 0.2) is 6.20 Å². The highest BCUT2D eigenvalue weighted by Gasteiger charge is 2.22. The van der Waals surface area contributed by atoms with Gasteiger partial charge in [0.15, 0.2) is 0 Å². The number of amides is 2. The van der Waals surface area contributed by atoms with E-state index in [1.54, 1.807) is 6.92 Å². The standard InChI is InChI=1S/C9H14N4O3/c1-5(8(14)15)4-13(9(10)16)7-3-11-12-6(7)2/h3,5H,4H2,1-2H3,(H2,10,16)(H,11,12)(H,14,15). The molecule has 0 spiro atoms. The first kappa shape index (κ1) is 12.0. The molecule has 1 rings (SSSR count). The average Bonchev–Trinajstić information content (AvgIpc) is 2.59. The number of aryl methyl sites for hydroxylation is 1. The van der Waals surface area contributed by atoms with Crippen LogP contribution in [0, 0.1) is 12.8 Å². The van der Waals surface area contributed by atoms with E-state index in [1.165, 1.54) is 18.0 Å². The molecule has 4 N–H and O–H groups in total. The van der Waals surface area contributed by atoms with Gasteiger partial charge in [-0.1, -0.05) is 6.92 Å². The summed E-state index contributed by atoms with van der Waals surface area (Å²) in [4.78, 5) is 23.1. The molecule has 2 amide bonds. The van der Waals surface area contributed by atoms with Crippen molar-refractivity contribution in [3.8, 4) is 0 Å². The van der Waals surface area contributed by atoms with E-state index in [0.29, 0.717) is 11.4 Å². The Hall–Kier alpha value is -2.05. The number of aromatic amines is 1. The SMILES string of the molecule is Cc1[nH]ncc1N(CC(C)C(=O)O)C(N)=O. The lowest BCUT2D eigenvalue weighted by atomic mass is 10.1. The molecule has 0 aromatic carbocycles. The minimum Gasteiger partial charge on any atom is -0.481 e. The number of carboxylic acid groups (broad SMARTS) is 1. The molecule has 16 heavy (non-hydrogen) atoms. The first-order valence-corrected chi connectivity index (χ1v) is 4.73. The Kier molecular flexibility index (Phi) is 3.49. The van der Waals surface area contributed by atoms with Gasteiger partial charge in [0, 0.05) is 6.54 Å². The molecule has 0 aliphatic rings. The van der Waals surface area contributed by atoms with Gasteiger partial charge in [0.2, 0.25) is 0 Å². The zero-order valence-electron chi connectivity index (χ0n) is 9.10. The normalized spacial score (nSPS) is 12.1. The maximum atomic E-state index is 11.2. The average molecular weight is 226 g/mol. The zero-order chi connectivity index (χ0) is 12.3. The van der Waals surface area contributed by atoms with Crippen LogP contribution in [0.4, 0.5) is 10.5 Å². The molecule has 0 fully saturated rings. The Balaban J connectivity index is 2.89. The maximum absolute atomic E-state index is 11.2. The fraction of sp³-hybridized carbons (Fsp3) is 0.444. The van der Waals surface area contributed by atoms with E-state index in [4.69, 9.17) is 10.8 Å². The number of primary amides is 1. The number of carbonyl (C=O) groups excluding carboxylic acids is 1. The molecule has 0 saturated heterocycles. The van der Waals surface area contributed by atoms with Crippen molar-refractivity contribution >= 4 is 17.7 Å². The van der Waals surface area contributed by atoms with Crippen LogP contribution in [-0.4, -0.2) is 33.8 Å². The minimum absolute atomic E-state index is 0.0189. The van der Waals surface area contributed by atoms with Gasteiger partial charge in [-0.3, -0.25) is 14.8 Å². The topological polar surface area (TPSA) is 112 Å². The van der Waals surface area contributed by atoms with Crippen LogP contribution < -0.4 is 10.6 Å². The van der Waals surface area contributed by atoms with Gasteiger partial charge in [-0.05, 0) is 6.92 Å². The highest BCUT2D eigenvalue weighted by Crippen LogP contribution is 2.18. The number of H-pyrrole nitrogens is 1. The Labute approximate surface area is 92.2 Å². The number of urea groups is 1. The molecule has 1 aromatic rings. The summed E-state index contributed by atoms with van der Waals surface area (Å²) in [6.45, 7) is 3.25. The third-order valence-corrected chi connectivity index (χ3v) is 2.24. The number of aliphatic carboxylic acids is 1. The Bertz CT molecular complexity index is 401. The van der Waals surface area contributed by atoms with Crippen LogP contribution in [0.2, 0.25) is 0 Å². The van der Waals surface area contributed by atoms with Crippen molar-refractivity contribution in [1.82, 2.24) is 10.2 Å². The summed E-state index contributed by atoms with van der Waals surface area (Å²) in [7, 11) is 0. The van der Waals surface area contributed by atoms with E-state index in [2.05, 4.69) is 10.2 Å². The van der Waals surface area contributed by atoms with Gasteiger partial charge in [-0.15, -0.1) is 0 Å². The lowest BCUT2D eigenvalue weighted by Crippen LogP contribution is -2.40. The monoisotopic (exact) mass is 226 g/mol. The third kappa shape index (κ3) is 2.50. The van der Waals surface area contributed by atoms with Gasteiger partial charge >= 0.3 is 12.0 Å². The number of rotatable bonds is 4. The number of carboxylic acids is 1. The number of carbonyl (C=O) groups is 2. The largest absolute Gasteiger partial charge is 0.481 e. The number of aromatic nitrogens is 2. The van der Waals surface area contributed by atoms with Gasteiger partial charge in [0.25, 0.3) is 0 Å². The molecule has 0 aliphatic heterocycles. The minimum atomic E-state index is -0.979. The maximum Gasteiger partial charge on any atom is 0.319 e. The number of nitrogens with two attached hydrogens (primary N) is 1. The Morgan fingerprint density at radius 3 is 2.69 bits per heavy atom. The Morgan fingerprint density at radius 2 is 2.31 bits per heavy atom. The molecule has 0 aliphatic carbocycles. The summed E-state index contributed by atoms with van der Waals surface area (Å²) < 4.78 is 0. The summed E-state index contributed by atoms with van der Waals surface area (Å²) in [5, 5.41) is 15.2. The number of hydrogen-bond acceptors (Lipinski definition) is 3. The summed E-state index contributed by atoms with van der Waals surface area (Å²) in [6, 6.07) is -0.697. The van der Waals surface area contributed by atoms with Gasteiger partial charge in [-0.2, -0.15) is 5.10 Å². The number of nitrogens with zero attached hydrogens (tertiary/aromatic N) is 2. The zero-order valence-corrected chi connectivity index (χ0v) is 9.10. The summed E-state index contributed by atoms with van der Waals surface area (Å²) in [5.74, 6) is -1.67. The quantitative estimate of drug-likeness (QED) is 0.686. The molecular weight excluding hydrogens is 212 g/mol. The summed E-state index contributed by atoms with van der Waals surface area (Å²) in [5.41, 5.74) is 6.36. The molecule has 7 nitrogen and oxygen atoms in total. The second-order valence-corrected chi connectivity index (χ2v) is 3.57. The smallest absolute Gasteiger partial charge is 0.319 e. The second kappa shape index (κ2) is 4.65. The van der Waals surface area contributed by atoms with Crippen molar-refractivity contribution in [2.75, 3.05) is 11.4 Å². The van der Waals surface area contributed by atoms with E-state index < -0.39 is 17.9 Å². The molecule has 1 aromatic heterocycles. The van der Waals surface area contributed by atoms with E-state index in [1.807, 2.05) is 0 Å². The van der Waals surface area contributed by atoms with Crippen molar-refractivity contribution < 1.29 is 14.7 Å². The van der Waals surface area contributed by atoms with E-state index in [9.17, 15) is 9.59 Å². The molecule has 88 valence electrons. The van der Waals surface area contributed by atoms with Crippen LogP contribution >= 0.6 is 0 Å². The predicted molar refractivity (Wildman–Crippen MR) is 57.1 cm³/mol. The van der Waals surface area contributed by atoms with E-state index in [-0.39, 0.29) is 6.54 Å². The van der Waals surface area contributed by atoms with Crippen molar-refractivity contribution in [1.29, 1.82) is 0 Å². The fourth-order valence-electron chi connectivity index (χ4n) is 1.28. The van der Waals surface area contributed by atoms with Crippen LogP contribution in [0.5, 0.6) is 0 Å². The molecule has 0 saturated carbocycles. The molecule has 0 bridgehead atoms. The first-order valence-electron chi connectivity index (χ1n) is 4.73. The lowest BCUT2D eigenvalue weighted by Gasteiger charge is -2.21. The van der Waals surface area contributed by atoms with Crippen LogP contribution in [0.1, 0.15) is 12.6 Å². The van der Waals surface area contributed by atoms with Crippen molar-refractivity contribution in [3.63, 3.8) is 0 Å². The summed E-state index contributed by atoms with van der Waals surface area (Å²) in [6.07, 6.45) is 1.44. The first-order chi connectivity index (χ1) is 7.43. The van der Waals surface area contributed by atoms with Crippen LogP contribution in [0.25, 0.3) is 0 Å². The van der Waals surface area contributed by atoms with Gasteiger partial charge in [0.05, 0.1) is 23.5 Å². The van der Waals surface area contributed by atoms with Crippen molar-refractivity contribution in [2.45, 2.75) is 13.8 Å². The van der Waals surface area contributed by atoms with Crippen molar-refractivity contribution in [2.24, 2.45) is 11.7 Å². The molecule has 1 atom stereocenters. The molecule has 7 heteroatoms. The fourth-order valence-corrected chi connectivity index (χ4v) is 1.28. The molecule has 1 unspecified atom stereocenters. The highest BCUT2D eigenvalue weighted by molar-refractivity contribution is 5.91. The van der Waals surface area contributed by atoms with E-state index in [0.717, 1.165) is 0 Å². The number of hydrogen-bond donors (Lipinski definition) is 3. The predicted octanol–water partition coefficient (Wildman–Crippen LogP) is 0.324. The molecule has 1 heterocycles. The van der Waals surface area contributed by atoms with Gasteiger partial charge in [-0.25, -0.2) is 4.79 Å². The number of anilines is 1. The Morgan fingerprint density at radius 1 is 1.69 bits per heavy atom. The molecule has 0 radical (unpaired) electrons. The summed E-state index contributed by atoms with van der Waals surface area (Å²) >= 11 is 0.